The molecule has 0 bridgehead atoms. The lowest BCUT2D eigenvalue weighted by molar-refractivity contribution is 0.269. The van der Waals surface area contributed by atoms with Gasteiger partial charge in [-0.15, -0.1) is 0 Å². The third kappa shape index (κ3) is 8.23. The molecule has 3 aliphatic rings. The number of rotatable bonds is 10. The highest BCUT2D eigenvalue weighted by molar-refractivity contribution is 5.85. The van der Waals surface area contributed by atoms with E-state index in [2.05, 4.69) is 272 Å². The van der Waals surface area contributed by atoms with Crippen LogP contribution in [0.4, 0.5) is 11.4 Å². The summed E-state index contributed by atoms with van der Waals surface area (Å²) in [7, 11) is 0. The van der Waals surface area contributed by atoms with Crippen molar-refractivity contribution >= 4 is 16.9 Å². The lowest BCUT2D eigenvalue weighted by Crippen LogP contribution is -2.30. The van der Waals surface area contributed by atoms with Crippen LogP contribution in [0.3, 0.4) is 0 Å². The van der Waals surface area contributed by atoms with Crippen molar-refractivity contribution in [2.45, 2.75) is 24.5 Å². The van der Waals surface area contributed by atoms with Crippen LogP contribution in [-0.4, -0.2) is 12.1 Å². The SMILES string of the molecule is C1=CC2Oc3cc(-c4ccc(N(c5ccc(-c6cc(-c7ccccc7)cc(-c7ccccc7)c6)cc5)C5C=CC(c6cc(-c7ccccc7)cc(-c7ccccc7)c6)=CC5)cc4)ccc3C2C=C1. The van der Waals surface area contributed by atoms with Crippen molar-refractivity contribution in [3.05, 3.63) is 278 Å². The monoisotopic (exact) mass is 871 g/mol. The maximum atomic E-state index is 6.41. The molecule has 2 nitrogen and oxygen atoms in total. The Hall–Kier alpha value is -8.46. The largest absolute Gasteiger partial charge is 0.485 e. The maximum absolute atomic E-state index is 6.41. The van der Waals surface area contributed by atoms with Crippen LogP contribution in [-0.2, 0) is 0 Å². The number of allylic oxidation sites excluding steroid dienone is 4. The number of nitrogens with zero attached hydrogens (tertiary/aromatic N) is 1. The first-order valence-corrected chi connectivity index (χ1v) is 23.7. The van der Waals surface area contributed by atoms with Crippen molar-refractivity contribution in [2.75, 3.05) is 4.90 Å². The predicted octanol–water partition coefficient (Wildman–Crippen LogP) is 17.2. The summed E-state index contributed by atoms with van der Waals surface area (Å²) in [5.74, 6) is 1.26. The van der Waals surface area contributed by atoms with Crippen LogP contribution in [0.1, 0.15) is 23.5 Å². The second-order valence-electron chi connectivity index (χ2n) is 18.0. The zero-order valence-electron chi connectivity index (χ0n) is 37.7. The van der Waals surface area contributed by atoms with Crippen LogP contribution < -0.4 is 9.64 Å². The van der Waals surface area contributed by atoms with E-state index >= 15 is 0 Å². The van der Waals surface area contributed by atoms with Crippen molar-refractivity contribution in [1.82, 2.24) is 0 Å². The fraction of sp³-hybridized carbons (Fsp3) is 0.0606. The molecule has 0 amide bonds. The third-order valence-corrected chi connectivity index (χ3v) is 13.7. The Balaban J connectivity index is 0.897. The molecular formula is C66H49NO. The highest BCUT2D eigenvalue weighted by Gasteiger charge is 2.32. The van der Waals surface area contributed by atoms with Crippen LogP contribution in [0.25, 0.3) is 72.3 Å². The summed E-state index contributed by atoms with van der Waals surface area (Å²) in [5.41, 5.74) is 20.4. The molecule has 0 saturated carbocycles. The fourth-order valence-electron chi connectivity index (χ4n) is 10.2. The predicted molar refractivity (Wildman–Crippen MR) is 285 cm³/mol. The minimum Gasteiger partial charge on any atom is -0.485 e. The van der Waals surface area contributed by atoms with Crippen LogP contribution >= 0.6 is 0 Å². The average molecular weight is 872 g/mol. The van der Waals surface area contributed by atoms with Crippen molar-refractivity contribution in [2.24, 2.45) is 0 Å². The quantitative estimate of drug-likeness (QED) is 0.136. The van der Waals surface area contributed by atoms with Crippen LogP contribution in [0.15, 0.2) is 267 Å². The minimum atomic E-state index is 0.0723. The van der Waals surface area contributed by atoms with Gasteiger partial charge in [-0.25, -0.2) is 0 Å². The Morgan fingerprint density at radius 1 is 0.353 bits per heavy atom. The van der Waals surface area contributed by atoms with Gasteiger partial charge < -0.3 is 9.64 Å². The lowest BCUT2D eigenvalue weighted by Gasteiger charge is -2.33. The molecule has 12 rings (SSSR count). The molecular weight excluding hydrogens is 823 g/mol. The molecule has 2 heteroatoms. The molecule has 0 spiro atoms. The normalized spacial score (nSPS) is 16.6. The lowest BCUT2D eigenvalue weighted by atomic mass is 9.90. The first-order chi connectivity index (χ1) is 33.7. The molecule has 68 heavy (non-hydrogen) atoms. The van der Waals surface area contributed by atoms with Gasteiger partial charge in [0.05, 0.1) is 6.04 Å². The summed E-state index contributed by atoms with van der Waals surface area (Å²) in [4.78, 5) is 2.50. The van der Waals surface area contributed by atoms with E-state index < -0.39 is 0 Å². The van der Waals surface area contributed by atoms with Crippen LogP contribution in [0.5, 0.6) is 5.75 Å². The van der Waals surface area contributed by atoms with E-state index in [1.54, 1.807) is 0 Å². The molecule has 9 aromatic rings. The van der Waals surface area contributed by atoms with E-state index in [0.717, 1.165) is 34.7 Å². The maximum Gasteiger partial charge on any atom is 0.128 e. The van der Waals surface area contributed by atoms with E-state index in [4.69, 9.17) is 4.74 Å². The number of ether oxygens (including phenoxy) is 1. The van der Waals surface area contributed by atoms with Gasteiger partial charge in [-0.1, -0.05) is 194 Å². The van der Waals surface area contributed by atoms with Crippen molar-refractivity contribution < 1.29 is 4.74 Å². The number of benzene rings is 9. The Kier molecular flexibility index (Phi) is 10.9. The fourth-order valence-corrected chi connectivity index (χ4v) is 10.2. The van der Waals surface area contributed by atoms with E-state index in [-0.39, 0.29) is 18.1 Å². The second-order valence-corrected chi connectivity index (χ2v) is 18.0. The van der Waals surface area contributed by atoms with Gasteiger partial charge in [0, 0.05) is 22.9 Å². The summed E-state index contributed by atoms with van der Waals surface area (Å²) < 4.78 is 6.41. The van der Waals surface area contributed by atoms with Gasteiger partial charge in [0.25, 0.3) is 0 Å². The molecule has 324 valence electrons. The summed E-state index contributed by atoms with van der Waals surface area (Å²) in [6.07, 6.45) is 16.7. The average Bonchev–Trinajstić information content (AvgIpc) is 3.80. The molecule has 0 N–H and O–H groups in total. The van der Waals surface area contributed by atoms with E-state index in [0.29, 0.717) is 0 Å². The van der Waals surface area contributed by atoms with Crippen LogP contribution in [0, 0.1) is 0 Å². The Morgan fingerprint density at radius 2 is 0.765 bits per heavy atom. The van der Waals surface area contributed by atoms with Gasteiger partial charge >= 0.3 is 0 Å². The molecule has 9 aromatic carbocycles. The van der Waals surface area contributed by atoms with Gasteiger partial charge in [0.2, 0.25) is 0 Å². The standard InChI is InChI=1S/C66H49NO/c1-5-15-46(16-6-1)54-39-55(47-17-7-2-8-18-47)42-58(41-54)51-27-34-61(35-28-51)67(60-32-25-50(26-33-60)53-31-38-64-63-23-13-14-24-65(63)68-66(64)45-53)62-36-29-52(30-37-62)59-43-56(48-19-9-3-10-20-48)40-57(44-59)49-21-11-4-12-22-49/h1-36,38-45,62-63,65H,37H2. The molecule has 0 radical (unpaired) electrons. The Morgan fingerprint density at radius 3 is 1.22 bits per heavy atom. The zero-order chi connectivity index (χ0) is 45.2. The molecule has 0 aromatic heterocycles. The van der Waals surface area contributed by atoms with E-state index in [9.17, 15) is 0 Å². The molecule has 0 fully saturated rings. The van der Waals surface area contributed by atoms with Gasteiger partial charge in [-0.2, -0.15) is 0 Å². The Bertz CT molecular complexity index is 3250. The van der Waals surface area contributed by atoms with Gasteiger partial charge in [-0.3, -0.25) is 0 Å². The van der Waals surface area contributed by atoms with Crippen molar-refractivity contribution in [3.63, 3.8) is 0 Å². The number of anilines is 2. The van der Waals surface area contributed by atoms with Crippen LogP contribution in [0.2, 0.25) is 0 Å². The van der Waals surface area contributed by atoms with Gasteiger partial charge in [-0.05, 0) is 157 Å². The van der Waals surface area contributed by atoms with E-state index in [1.165, 1.54) is 72.3 Å². The summed E-state index contributed by atoms with van der Waals surface area (Å²) in [6.45, 7) is 0. The molecule has 1 aliphatic heterocycles. The number of fused-ring (bicyclic) bond motifs is 3. The molecule has 3 atom stereocenters. The summed E-state index contributed by atoms with van der Waals surface area (Å²) >= 11 is 0. The third-order valence-electron chi connectivity index (χ3n) is 13.7. The topological polar surface area (TPSA) is 12.5 Å². The summed E-state index contributed by atoms with van der Waals surface area (Å²) in [6, 6.07) is 81.8. The number of hydrogen-bond donors (Lipinski definition) is 0. The zero-order valence-corrected chi connectivity index (χ0v) is 37.7. The smallest absolute Gasteiger partial charge is 0.128 e. The van der Waals surface area contributed by atoms with Crippen molar-refractivity contribution in [1.29, 1.82) is 0 Å². The van der Waals surface area contributed by atoms with E-state index in [1.807, 2.05) is 0 Å². The first kappa shape index (κ1) is 41.0. The number of hydrogen-bond acceptors (Lipinski definition) is 2. The molecule has 0 saturated heterocycles. The molecule has 3 unspecified atom stereocenters. The molecule has 2 aliphatic carbocycles. The van der Waals surface area contributed by atoms with Gasteiger partial charge in [0.1, 0.15) is 11.9 Å². The summed E-state index contributed by atoms with van der Waals surface area (Å²) in [5, 5.41) is 0. The van der Waals surface area contributed by atoms with Crippen molar-refractivity contribution in [3.8, 4) is 72.5 Å². The first-order valence-electron chi connectivity index (χ1n) is 23.7. The Labute approximate surface area is 399 Å². The highest BCUT2D eigenvalue weighted by Crippen LogP contribution is 2.44. The second kappa shape index (κ2) is 18.1. The highest BCUT2D eigenvalue weighted by atomic mass is 16.5. The van der Waals surface area contributed by atoms with Gasteiger partial charge in [0.15, 0.2) is 0 Å². The minimum absolute atomic E-state index is 0.0723. The molecule has 1 heterocycles.